The van der Waals surface area contributed by atoms with Crippen molar-refractivity contribution in [2.45, 2.75) is 20.1 Å². The average molecular weight is 437 g/mol. The first-order valence-electron chi connectivity index (χ1n) is 10.7. The van der Waals surface area contributed by atoms with Crippen molar-refractivity contribution in [1.82, 2.24) is 9.78 Å². The van der Waals surface area contributed by atoms with Gasteiger partial charge in [-0.15, -0.1) is 0 Å². The van der Waals surface area contributed by atoms with Gasteiger partial charge in [-0.25, -0.2) is 0 Å². The number of carbonyl (C=O) groups is 1. The summed E-state index contributed by atoms with van der Waals surface area (Å²) in [4.78, 5) is 12.6. The highest BCUT2D eigenvalue weighted by Crippen LogP contribution is 2.26. The molecule has 6 nitrogen and oxygen atoms in total. The molecule has 0 spiro atoms. The molecule has 6 heteroatoms. The number of carbonyl (C=O) groups excluding carboxylic acids is 1. The third-order valence-corrected chi connectivity index (χ3v) is 5.36. The highest BCUT2D eigenvalue weighted by molar-refractivity contribution is 6.02. The van der Waals surface area contributed by atoms with Gasteiger partial charge in [0.1, 0.15) is 18.1 Å². The topological polar surface area (TPSA) is 69.3 Å². The quantitative estimate of drug-likeness (QED) is 0.348. The molecule has 5 rings (SSSR count). The maximum absolute atomic E-state index is 12.6. The van der Waals surface area contributed by atoms with Crippen molar-refractivity contribution in [3.05, 3.63) is 114 Å². The summed E-state index contributed by atoms with van der Waals surface area (Å²) < 4.78 is 13.4. The number of amides is 1. The Bertz CT molecular complexity index is 1390. The maximum atomic E-state index is 12.6. The van der Waals surface area contributed by atoms with Crippen molar-refractivity contribution in [3.8, 4) is 5.75 Å². The standard InChI is InChI=1S/C27H23N3O3/c1-19-9-11-20(12-10-19)16-30-17-22(15-28-30)29-27(31)26-14-13-23(33-26)18-32-25-8-4-6-21-5-2-3-7-24(21)25/h2-15,17H,16,18H2,1H3,(H,29,31). The van der Waals surface area contributed by atoms with E-state index in [2.05, 4.69) is 41.6 Å². The van der Waals surface area contributed by atoms with E-state index in [0.717, 1.165) is 22.1 Å². The molecule has 0 fully saturated rings. The fourth-order valence-corrected chi connectivity index (χ4v) is 3.64. The minimum absolute atomic E-state index is 0.220. The van der Waals surface area contributed by atoms with Gasteiger partial charge in [-0.3, -0.25) is 9.48 Å². The van der Waals surface area contributed by atoms with E-state index in [-0.39, 0.29) is 18.3 Å². The third kappa shape index (κ3) is 4.80. The van der Waals surface area contributed by atoms with Crippen molar-refractivity contribution in [2.24, 2.45) is 0 Å². The molecular formula is C27H23N3O3. The molecule has 0 aliphatic carbocycles. The first-order chi connectivity index (χ1) is 16.1. The molecule has 0 bridgehead atoms. The molecule has 0 saturated carbocycles. The number of anilines is 1. The van der Waals surface area contributed by atoms with Crippen LogP contribution in [0.1, 0.15) is 27.4 Å². The monoisotopic (exact) mass is 437 g/mol. The van der Waals surface area contributed by atoms with Gasteiger partial charge in [-0.05, 0) is 36.1 Å². The van der Waals surface area contributed by atoms with Crippen LogP contribution in [-0.2, 0) is 13.2 Å². The lowest BCUT2D eigenvalue weighted by molar-refractivity contribution is 0.0992. The van der Waals surface area contributed by atoms with Crippen LogP contribution in [-0.4, -0.2) is 15.7 Å². The molecule has 2 aromatic heterocycles. The molecule has 0 atom stereocenters. The maximum Gasteiger partial charge on any atom is 0.291 e. The molecule has 0 aliphatic heterocycles. The number of aryl methyl sites for hydroxylation is 1. The zero-order chi connectivity index (χ0) is 22.6. The number of fused-ring (bicyclic) bond motifs is 1. The van der Waals surface area contributed by atoms with Crippen LogP contribution in [0.5, 0.6) is 5.75 Å². The van der Waals surface area contributed by atoms with E-state index in [0.29, 0.717) is 18.0 Å². The number of hydrogen-bond donors (Lipinski definition) is 1. The third-order valence-electron chi connectivity index (χ3n) is 5.36. The van der Waals surface area contributed by atoms with Crippen LogP contribution >= 0.6 is 0 Å². The summed E-state index contributed by atoms with van der Waals surface area (Å²) in [6.07, 6.45) is 3.42. The van der Waals surface area contributed by atoms with E-state index in [1.165, 1.54) is 5.56 Å². The largest absolute Gasteiger partial charge is 0.485 e. The van der Waals surface area contributed by atoms with Crippen LogP contribution in [0.15, 0.2) is 95.7 Å². The number of benzene rings is 3. The smallest absolute Gasteiger partial charge is 0.291 e. The minimum atomic E-state index is -0.332. The molecule has 0 aliphatic rings. The van der Waals surface area contributed by atoms with Crippen LogP contribution in [0.4, 0.5) is 5.69 Å². The molecule has 2 heterocycles. The van der Waals surface area contributed by atoms with E-state index in [1.807, 2.05) is 42.5 Å². The van der Waals surface area contributed by atoms with Crippen LogP contribution in [0.3, 0.4) is 0 Å². The van der Waals surface area contributed by atoms with Crippen molar-refractivity contribution in [3.63, 3.8) is 0 Å². The second-order valence-corrected chi connectivity index (χ2v) is 7.90. The van der Waals surface area contributed by atoms with Gasteiger partial charge in [-0.1, -0.05) is 66.2 Å². The lowest BCUT2D eigenvalue weighted by Crippen LogP contribution is -2.10. The number of aromatic nitrogens is 2. The van der Waals surface area contributed by atoms with Gasteiger partial charge < -0.3 is 14.5 Å². The van der Waals surface area contributed by atoms with Gasteiger partial charge >= 0.3 is 0 Å². The van der Waals surface area contributed by atoms with Gasteiger partial charge in [0.25, 0.3) is 5.91 Å². The molecule has 164 valence electrons. The number of rotatable bonds is 7. The van der Waals surface area contributed by atoms with Crippen LogP contribution in [0.2, 0.25) is 0 Å². The van der Waals surface area contributed by atoms with Gasteiger partial charge in [0.2, 0.25) is 0 Å². The second kappa shape index (κ2) is 9.04. The normalized spacial score (nSPS) is 10.9. The molecule has 0 saturated heterocycles. The van der Waals surface area contributed by atoms with Crippen molar-refractivity contribution in [1.29, 1.82) is 0 Å². The first-order valence-corrected chi connectivity index (χ1v) is 10.7. The number of nitrogens with zero attached hydrogens (tertiary/aromatic N) is 2. The first kappa shape index (κ1) is 20.6. The molecule has 33 heavy (non-hydrogen) atoms. The molecule has 0 radical (unpaired) electrons. The molecule has 1 amide bonds. The Morgan fingerprint density at radius 3 is 2.70 bits per heavy atom. The summed E-state index contributed by atoms with van der Waals surface area (Å²) in [7, 11) is 0. The minimum Gasteiger partial charge on any atom is -0.485 e. The lowest BCUT2D eigenvalue weighted by Gasteiger charge is -2.07. The van der Waals surface area contributed by atoms with Gasteiger partial charge in [0, 0.05) is 11.6 Å². The summed E-state index contributed by atoms with van der Waals surface area (Å²) in [6.45, 7) is 2.92. The Morgan fingerprint density at radius 2 is 1.82 bits per heavy atom. The van der Waals surface area contributed by atoms with Gasteiger partial charge in [0.15, 0.2) is 5.76 Å². The fourth-order valence-electron chi connectivity index (χ4n) is 3.64. The van der Waals surface area contributed by atoms with Crippen molar-refractivity contribution < 1.29 is 13.9 Å². The van der Waals surface area contributed by atoms with Crippen LogP contribution in [0.25, 0.3) is 10.8 Å². The molecule has 5 aromatic rings. The number of hydrogen-bond acceptors (Lipinski definition) is 4. The summed E-state index contributed by atoms with van der Waals surface area (Å²) in [5.41, 5.74) is 2.97. The summed E-state index contributed by atoms with van der Waals surface area (Å²) in [5.74, 6) is 1.23. The second-order valence-electron chi connectivity index (χ2n) is 7.90. The van der Waals surface area contributed by atoms with E-state index >= 15 is 0 Å². The Labute approximate surface area is 191 Å². The highest BCUT2D eigenvalue weighted by Gasteiger charge is 2.13. The Balaban J connectivity index is 1.20. The van der Waals surface area contributed by atoms with E-state index in [1.54, 1.807) is 29.2 Å². The predicted octanol–water partition coefficient (Wildman–Crippen LogP) is 5.82. The SMILES string of the molecule is Cc1ccc(Cn2cc(NC(=O)c3ccc(COc4cccc5ccccc45)o3)cn2)cc1. The van der Waals surface area contributed by atoms with E-state index < -0.39 is 0 Å². The lowest BCUT2D eigenvalue weighted by atomic mass is 10.1. The predicted molar refractivity (Wildman–Crippen MR) is 127 cm³/mol. The Kier molecular flexibility index (Phi) is 5.64. The van der Waals surface area contributed by atoms with E-state index in [4.69, 9.17) is 9.15 Å². The van der Waals surface area contributed by atoms with Crippen LogP contribution in [0, 0.1) is 6.92 Å². The fraction of sp³-hybridized carbons (Fsp3) is 0.111. The highest BCUT2D eigenvalue weighted by atomic mass is 16.5. The van der Waals surface area contributed by atoms with Gasteiger partial charge in [-0.2, -0.15) is 5.10 Å². The van der Waals surface area contributed by atoms with Gasteiger partial charge in [0.05, 0.1) is 18.4 Å². The summed E-state index contributed by atoms with van der Waals surface area (Å²) >= 11 is 0. The van der Waals surface area contributed by atoms with Crippen molar-refractivity contribution in [2.75, 3.05) is 5.32 Å². The summed E-state index contributed by atoms with van der Waals surface area (Å²) in [6, 6.07) is 25.6. The molecular weight excluding hydrogens is 414 g/mol. The molecule has 0 unspecified atom stereocenters. The molecule has 1 N–H and O–H groups in total. The van der Waals surface area contributed by atoms with E-state index in [9.17, 15) is 4.79 Å². The van der Waals surface area contributed by atoms with Crippen molar-refractivity contribution >= 4 is 22.4 Å². The zero-order valence-electron chi connectivity index (χ0n) is 18.2. The van der Waals surface area contributed by atoms with Crippen LogP contribution < -0.4 is 10.1 Å². The number of furan rings is 1. The Morgan fingerprint density at radius 1 is 1.00 bits per heavy atom. The number of ether oxygens (including phenoxy) is 1. The zero-order valence-corrected chi connectivity index (χ0v) is 18.2. The molecule has 3 aromatic carbocycles. The average Bonchev–Trinajstić information content (AvgIpc) is 3.49. The summed E-state index contributed by atoms with van der Waals surface area (Å²) in [5, 5.41) is 9.30. The Hall–Kier alpha value is -4.32. The number of nitrogens with one attached hydrogen (secondary N) is 1.